The number of carboxylic acids is 1. The van der Waals surface area contributed by atoms with Gasteiger partial charge in [-0.05, 0) is 110 Å². The molecule has 0 aliphatic carbocycles. The van der Waals surface area contributed by atoms with E-state index in [1.54, 1.807) is 0 Å². The van der Waals surface area contributed by atoms with E-state index in [1.165, 1.54) is 0 Å². The molecule has 372 valence electrons. The van der Waals surface area contributed by atoms with Crippen LogP contribution in [0.2, 0.25) is 0 Å². The number of nitrogens with one attached hydrogen (secondary N) is 12. The summed E-state index contributed by atoms with van der Waals surface area (Å²) in [5.41, 5.74) is 39.3. The third-order valence-electron chi connectivity index (χ3n) is 9.73. The van der Waals surface area contributed by atoms with Crippen molar-refractivity contribution in [3.8, 4) is 0 Å². The van der Waals surface area contributed by atoms with Crippen LogP contribution in [0.4, 0.5) is 0 Å². The van der Waals surface area contributed by atoms with E-state index in [1.807, 2.05) is 0 Å². The molecule has 0 spiro atoms. The molecule has 6 atom stereocenters. The molecular formula is C38H77N19O8. The van der Waals surface area contributed by atoms with Crippen molar-refractivity contribution in [2.45, 2.75) is 133 Å². The Morgan fingerprint density at radius 1 is 0.400 bits per heavy atom. The molecule has 27 N–H and O–H groups in total. The zero-order chi connectivity index (χ0) is 49.2. The summed E-state index contributed by atoms with van der Waals surface area (Å²) >= 11 is 0. The number of guanidine groups is 3. The molecule has 0 aromatic heterocycles. The molecular weight excluding hydrogens is 851 g/mol. The average molecular weight is 928 g/mol. The van der Waals surface area contributed by atoms with Gasteiger partial charge < -0.3 is 93.1 Å². The second kappa shape index (κ2) is 35.3. The minimum Gasteiger partial charge on any atom is -0.480 e. The first-order chi connectivity index (χ1) is 30.9. The zero-order valence-electron chi connectivity index (χ0n) is 37.4. The van der Waals surface area contributed by atoms with Gasteiger partial charge in [0, 0.05) is 19.6 Å². The fourth-order valence-electron chi connectivity index (χ4n) is 6.21. The van der Waals surface area contributed by atoms with E-state index in [0.717, 1.165) is 0 Å². The van der Waals surface area contributed by atoms with Crippen molar-refractivity contribution in [2.75, 3.05) is 45.8 Å². The van der Waals surface area contributed by atoms with Gasteiger partial charge in [-0.2, -0.15) is 0 Å². The standard InChI is InChI=1S/C38H77N19O8/c39-16-4-1-10-23(42)30(60)53-27(14-8-20-50-37(45)46)34(64)55-26(12-3-6-18-41)33(63)57-28(15-9-21-51-38(47)48)35(65)56-25(11-2-5-17-40)32(62)54-24(13-7-19-49-36(43)44)31(61)52-22-29(58)59/h23-28H,1-22,39-42H2,(H,52,61)(H,53,60)(H,54,62)(H,55,64)(H,56,65)(H,57,63)(H,58,59)(H4,43,44,49)(H4,45,46,50)(H4,47,48,51)/t23-,24-,25-,26-,27-,28-/m0/s1. The van der Waals surface area contributed by atoms with E-state index in [-0.39, 0.29) is 102 Å². The van der Waals surface area contributed by atoms with E-state index in [2.05, 4.69) is 47.9 Å². The number of nitrogens with two attached hydrogens (primary N) is 7. The van der Waals surface area contributed by atoms with Gasteiger partial charge in [0.1, 0.15) is 36.8 Å². The van der Waals surface area contributed by atoms with Crippen molar-refractivity contribution in [1.29, 1.82) is 16.2 Å². The number of rotatable bonds is 37. The molecule has 0 aliphatic rings. The van der Waals surface area contributed by atoms with Crippen molar-refractivity contribution in [3.63, 3.8) is 0 Å². The molecule has 65 heavy (non-hydrogen) atoms. The van der Waals surface area contributed by atoms with Crippen LogP contribution in [-0.2, 0) is 33.6 Å². The van der Waals surface area contributed by atoms with Crippen molar-refractivity contribution in [3.05, 3.63) is 0 Å². The Bertz CT molecular complexity index is 1520. The monoisotopic (exact) mass is 928 g/mol. The minimum atomic E-state index is -1.32. The minimum absolute atomic E-state index is 0.00146. The summed E-state index contributed by atoms with van der Waals surface area (Å²) in [4.78, 5) is 93.2. The van der Waals surface area contributed by atoms with Crippen LogP contribution in [0.1, 0.15) is 96.3 Å². The number of amides is 6. The van der Waals surface area contributed by atoms with Gasteiger partial charge in [-0.3, -0.25) is 49.8 Å². The van der Waals surface area contributed by atoms with E-state index in [9.17, 15) is 33.6 Å². The lowest BCUT2D eigenvalue weighted by Gasteiger charge is -2.28. The second-order valence-corrected chi connectivity index (χ2v) is 15.3. The molecule has 0 aromatic rings. The van der Waals surface area contributed by atoms with Crippen LogP contribution in [0.5, 0.6) is 0 Å². The lowest BCUT2D eigenvalue weighted by atomic mass is 10.0. The molecule has 0 radical (unpaired) electrons. The lowest BCUT2D eigenvalue weighted by Crippen LogP contribution is -2.59. The Morgan fingerprint density at radius 3 is 0.969 bits per heavy atom. The first-order valence-electron chi connectivity index (χ1n) is 22.0. The third-order valence-corrected chi connectivity index (χ3v) is 9.73. The molecule has 27 nitrogen and oxygen atoms in total. The van der Waals surface area contributed by atoms with Gasteiger partial charge >= 0.3 is 5.97 Å². The summed E-state index contributed by atoms with van der Waals surface area (Å²) in [7, 11) is 0. The molecule has 0 saturated heterocycles. The molecule has 0 heterocycles. The average Bonchev–Trinajstić information content (AvgIpc) is 3.24. The van der Waals surface area contributed by atoms with E-state index in [4.69, 9.17) is 61.5 Å². The first-order valence-corrected chi connectivity index (χ1v) is 22.0. The van der Waals surface area contributed by atoms with Crippen molar-refractivity contribution in [1.82, 2.24) is 47.9 Å². The summed E-state index contributed by atoms with van der Waals surface area (Å²) in [5, 5.41) is 54.8. The van der Waals surface area contributed by atoms with E-state index in [0.29, 0.717) is 51.5 Å². The summed E-state index contributed by atoms with van der Waals surface area (Å²) in [6, 6.07) is -7.17. The zero-order valence-corrected chi connectivity index (χ0v) is 37.4. The van der Waals surface area contributed by atoms with Crippen molar-refractivity contribution in [2.24, 2.45) is 40.1 Å². The maximum absolute atomic E-state index is 14.1. The number of carbonyl (C=O) groups is 7. The van der Waals surface area contributed by atoms with Crippen LogP contribution < -0.4 is 88.0 Å². The number of hydrogen-bond donors (Lipinski definition) is 20. The lowest BCUT2D eigenvalue weighted by molar-refractivity contribution is -0.138. The van der Waals surface area contributed by atoms with Gasteiger partial charge in [-0.25, -0.2) is 0 Å². The quantitative estimate of drug-likeness (QED) is 0.0157. The van der Waals surface area contributed by atoms with Crippen LogP contribution in [-0.4, -0.2) is 146 Å². The Hall–Kier alpha value is -6.06. The molecule has 27 heteroatoms. The fraction of sp³-hybridized carbons (Fsp3) is 0.737. The van der Waals surface area contributed by atoms with Gasteiger partial charge in [0.15, 0.2) is 17.9 Å². The van der Waals surface area contributed by atoms with Crippen LogP contribution >= 0.6 is 0 Å². The van der Waals surface area contributed by atoms with Gasteiger partial charge in [-0.1, -0.05) is 6.42 Å². The number of carbonyl (C=O) groups excluding carboxylic acids is 6. The summed E-state index contributed by atoms with van der Waals surface area (Å²) in [6.45, 7) is 0.743. The first kappa shape index (κ1) is 58.9. The van der Waals surface area contributed by atoms with Gasteiger partial charge in [0.25, 0.3) is 0 Å². The highest BCUT2D eigenvalue weighted by Gasteiger charge is 2.33. The Balaban J connectivity index is 6.62. The van der Waals surface area contributed by atoms with E-state index >= 15 is 0 Å². The van der Waals surface area contributed by atoms with Crippen LogP contribution in [0.25, 0.3) is 0 Å². The summed E-state index contributed by atoms with van der Waals surface area (Å²) < 4.78 is 0. The van der Waals surface area contributed by atoms with Crippen LogP contribution in [0.3, 0.4) is 0 Å². The largest absolute Gasteiger partial charge is 0.480 e. The van der Waals surface area contributed by atoms with Crippen molar-refractivity contribution >= 4 is 59.3 Å². The Morgan fingerprint density at radius 2 is 0.677 bits per heavy atom. The van der Waals surface area contributed by atoms with Crippen LogP contribution in [0, 0.1) is 16.2 Å². The van der Waals surface area contributed by atoms with Gasteiger partial charge in [0.2, 0.25) is 35.4 Å². The molecule has 0 rings (SSSR count). The normalized spacial score (nSPS) is 13.5. The number of hydrogen-bond acceptors (Lipinski definition) is 14. The molecule has 0 fully saturated rings. The van der Waals surface area contributed by atoms with Gasteiger partial charge in [-0.15, -0.1) is 0 Å². The molecule has 0 saturated carbocycles. The maximum atomic E-state index is 14.1. The number of unbranched alkanes of at least 4 members (excludes halogenated alkanes) is 3. The van der Waals surface area contributed by atoms with Crippen LogP contribution in [0.15, 0.2) is 0 Å². The second-order valence-electron chi connectivity index (χ2n) is 15.3. The smallest absolute Gasteiger partial charge is 0.322 e. The predicted octanol–water partition coefficient (Wildman–Crippen LogP) is -5.88. The van der Waals surface area contributed by atoms with E-state index < -0.39 is 84.2 Å². The predicted molar refractivity (Wildman–Crippen MR) is 244 cm³/mol. The number of carboxylic acid groups (broad SMARTS) is 1. The highest BCUT2D eigenvalue weighted by Crippen LogP contribution is 2.10. The molecule has 6 amide bonds. The molecule has 0 bridgehead atoms. The highest BCUT2D eigenvalue weighted by atomic mass is 16.4. The Labute approximate surface area is 380 Å². The van der Waals surface area contributed by atoms with Crippen molar-refractivity contribution < 1.29 is 38.7 Å². The SMILES string of the molecule is N=C(N)NCCC[C@H](NC(=O)[C@H](CCCCN)NC(=O)[C@H](CCCNC(=N)N)NC(=O)[C@H](CCCCN)NC(=O)[C@H](CCCNC(=N)N)NC(=O)[C@@H](N)CCCCN)C(=O)NCC(=O)O. The Kier molecular flexibility index (Phi) is 32.0. The third kappa shape index (κ3) is 29.1. The molecule has 0 unspecified atom stereocenters. The molecule has 0 aromatic carbocycles. The topological polar surface area (TPSA) is 502 Å². The highest BCUT2D eigenvalue weighted by molar-refractivity contribution is 5.97. The summed E-state index contributed by atoms with van der Waals surface area (Å²) in [5.74, 6) is -6.72. The number of aliphatic carboxylic acids is 1. The maximum Gasteiger partial charge on any atom is 0.322 e. The van der Waals surface area contributed by atoms with Gasteiger partial charge in [0.05, 0.1) is 6.04 Å². The summed E-state index contributed by atoms with van der Waals surface area (Å²) in [6.07, 6.45) is 4.13. The fourth-order valence-corrected chi connectivity index (χ4v) is 6.21. The molecule has 0 aliphatic heterocycles.